The molecule has 2 saturated carbocycles. The van der Waals surface area contributed by atoms with Crippen LogP contribution in [0.2, 0.25) is 0 Å². The minimum Gasteiger partial charge on any atom is -0.446 e. The summed E-state index contributed by atoms with van der Waals surface area (Å²) in [7, 11) is 0. The predicted octanol–water partition coefficient (Wildman–Crippen LogP) is 3.68. The Morgan fingerprint density at radius 1 is 1.11 bits per heavy atom. The Kier molecular flexibility index (Phi) is 5.45. The van der Waals surface area contributed by atoms with Gasteiger partial charge < -0.3 is 14.8 Å². The van der Waals surface area contributed by atoms with Crippen LogP contribution in [0.1, 0.15) is 49.3 Å². The average molecular weight is 384 g/mol. The number of carbonyl (C=O) groups excluding carboxylic acids is 2. The van der Waals surface area contributed by atoms with E-state index in [9.17, 15) is 9.59 Å². The van der Waals surface area contributed by atoms with Gasteiger partial charge in [0.2, 0.25) is 0 Å². The van der Waals surface area contributed by atoms with E-state index in [4.69, 9.17) is 9.47 Å². The van der Waals surface area contributed by atoms with Crippen molar-refractivity contribution in [1.82, 2.24) is 15.5 Å². The number of alkyl carbamates (subject to hydrolysis) is 1. The highest BCUT2D eigenvalue weighted by Gasteiger charge is 2.31. The van der Waals surface area contributed by atoms with Gasteiger partial charge in [0.15, 0.2) is 5.82 Å². The molecule has 8 nitrogen and oxygen atoms in total. The number of aromatic amines is 1. The van der Waals surface area contributed by atoms with E-state index in [1.807, 2.05) is 30.3 Å². The first kappa shape index (κ1) is 18.3. The molecule has 3 N–H and O–H groups in total. The first-order valence-corrected chi connectivity index (χ1v) is 9.66. The summed E-state index contributed by atoms with van der Waals surface area (Å²) in [6.07, 6.45) is 3.61. The van der Waals surface area contributed by atoms with Crippen molar-refractivity contribution < 1.29 is 19.1 Å². The SMILES string of the molecule is O=C(Nc1cc(C2CCC(OC(=O)NC3CC3)C2)[nH]n1)OCc1ccccc1. The van der Waals surface area contributed by atoms with Crippen LogP contribution in [0.5, 0.6) is 0 Å². The van der Waals surface area contributed by atoms with Crippen LogP contribution in [0.3, 0.4) is 0 Å². The first-order chi connectivity index (χ1) is 13.7. The molecule has 0 bridgehead atoms. The molecule has 2 amide bonds. The quantitative estimate of drug-likeness (QED) is 0.704. The Labute approximate surface area is 163 Å². The van der Waals surface area contributed by atoms with Crippen LogP contribution in [0.25, 0.3) is 0 Å². The van der Waals surface area contributed by atoms with Gasteiger partial charge in [-0.05, 0) is 37.7 Å². The lowest BCUT2D eigenvalue weighted by atomic mass is 10.0. The first-order valence-electron chi connectivity index (χ1n) is 9.66. The van der Waals surface area contributed by atoms with Crippen molar-refractivity contribution >= 4 is 18.0 Å². The van der Waals surface area contributed by atoms with E-state index in [-0.39, 0.29) is 24.7 Å². The monoisotopic (exact) mass is 384 g/mol. The van der Waals surface area contributed by atoms with E-state index in [1.54, 1.807) is 6.07 Å². The number of nitrogens with zero attached hydrogens (tertiary/aromatic N) is 1. The van der Waals surface area contributed by atoms with Gasteiger partial charge in [-0.2, -0.15) is 5.10 Å². The molecular weight excluding hydrogens is 360 g/mol. The lowest BCUT2D eigenvalue weighted by Gasteiger charge is -2.12. The maximum absolute atomic E-state index is 11.9. The number of carbonyl (C=O) groups is 2. The molecule has 0 spiro atoms. The summed E-state index contributed by atoms with van der Waals surface area (Å²) in [6, 6.07) is 11.6. The number of rotatable bonds is 6. The molecule has 1 aromatic heterocycles. The summed E-state index contributed by atoms with van der Waals surface area (Å²) in [4.78, 5) is 23.7. The van der Waals surface area contributed by atoms with Gasteiger partial charge in [-0.3, -0.25) is 10.4 Å². The Hall–Kier alpha value is -3.03. The second-order valence-corrected chi connectivity index (χ2v) is 7.35. The van der Waals surface area contributed by atoms with Crippen LogP contribution in [-0.2, 0) is 16.1 Å². The van der Waals surface area contributed by atoms with Crippen molar-refractivity contribution in [2.45, 2.75) is 56.8 Å². The Morgan fingerprint density at radius 2 is 1.93 bits per heavy atom. The van der Waals surface area contributed by atoms with Crippen LogP contribution in [-0.4, -0.2) is 34.5 Å². The molecule has 2 aromatic rings. The van der Waals surface area contributed by atoms with Gasteiger partial charge in [-0.25, -0.2) is 9.59 Å². The lowest BCUT2D eigenvalue weighted by Crippen LogP contribution is -2.29. The third-order valence-corrected chi connectivity index (χ3v) is 5.04. The average Bonchev–Trinajstić information content (AvgIpc) is 3.18. The lowest BCUT2D eigenvalue weighted by molar-refractivity contribution is 0.0997. The van der Waals surface area contributed by atoms with Crippen molar-refractivity contribution in [1.29, 1.82) is 0 Å². The van der Waals surface area contributed by atoms with Crippen LogP contribution in [0.15, 0.2) is 36.4 Å². The van der Waals surface area contributed by atoms with E-state index in [1.165, 1.54) is 0 Å². The summed E-state index contributed by atoms with van der Waals surface area (Å²) in [6.45, 7) is 0.203. The fraction of sp³-hybridized carbons (Fsp3) is 0.450. The number of hydrogen-bond donors (Lipinski definition) is 3. The minimum atomic E-state index is -0.550. The molecule has 2 unspecified atom stereocenters. The number of aromatic nitrogens is 2. The molecule has 0 aliphatic heterocycles. The molecule has 8 heteroatoms. The molecule has 28 heavy (non-hydrogen) atoms. The Bertz CT molecular complexity index is 819. The van der Waals surface area contributed by atoms with Gasteiger partial charge in [0.25, 0.3) is 0 Å². The molecule has 2 atom stereocenters. The maximum Gasteiger partial charge on any atom is 0.413 e. The minimum absolute atomic E-state index is 0.0840. The van der Waals surface area contributed by atoms with Gasteiger partial charge in [-0.1, -0.05) is 30.3 Å². The predicted molar refractivity (Wildman–Crippen MR) is 102 cm³/mol. The third kappa shape index (κ3) is 5.03. The molecule has 0 saturated heterocycles. The summed E-state index contributed by atoms with van der Waals surface area (Å²) in [5, 5.41) is 12.6. The Morgan fingerprint density at radius 3 is 2.71 bits per heavy atom. The zero-order chi connectivity index (χ0) is 19.3. The number of anilines is 1. The number of amides is 2. The zero-order valence-electron chi connectivity index (χ0n) is 15.5. The van der Waals surface area contributed by atoms with Crippen LogP contribution < -0.4 is 10.6 Å². The largest absolute Gasteiger partial charge is 0.446 e. The molecular formula is C20H24N4O4. The number of ether oxygens (including phenoxy) is 2. The summed E-state index contributed by atoms with van der Waals surface area (Å²) in [5.41, 5.74) is 1.84. The summed E-state index contributed by atoms with van der Waals surface area (Å²) in [5.74, 6) is 0.644. The molecule has 2 aliphatic carbocycles. The van der Waals surface area contributed by atoms with E-state index >= 15 is 0 Å². The highest BCUT2D eigenvalue weighted by molar-refractivity contribution is 5.83. The van der Waals surface area contributed by atoms with E-state index in [0.717, 1.165) is 43.4 Å². The second-order valence-electron chi connectivity index (χ2n) is 7.35. The van der Waals surface area contributed by atoms with E-state index < -0.39 is 6.09 Å². The maximum atomic E-state index is 11.9. The fourth-order valence-corrected chi connectivity index (χ4v) is 3.38. The van der Waals surface area contributed by atoms with Crippen LogP contribution in [0, 0.1) is 0 Å². The molecule has 1 aromatic carbocycles. The normalized spacial score (nSPS) is 21.1. The molecule has 4 rings (SSSR count). The molecule has 1 heterocycles. The molecule has 0 radical (unpaired) electrons. The standard InChI is InChI=1S/C20H24N4O4/c25-19(27-12-13-4-2-1-3-5-13)22-18-11-17(23-24-18)14-6-9-16(10-14)28-20(26)21-15-7-8-15/h1-5,11,14-16H,6-10,12H2,(H,21,26)(H2,22,23,24,25). The van der Waals surface area contributed by atoms with Gasteiger partial charge in [0.05, 0.1) is 0 Å². The van der Waals surface area contributed by atoms with Gasteiger partial charge in [0, 0.05) is 23.7 Å². The number of hydrogen-bond acceptors (Lipinski definition) is 5. The molecule has 2 aliphatic rings. The van der Waals surface area contributed by atoms with E-state index in [0.29, 0.717) is 11.9 Å². The topological polar surface area (TPSA) is 105 Å². The van der Waals surface area contributed by atoms with Gasteiger partial charge in [0.1, 0.15) is 12.7 Å². The zero-order valence-corrected chi connectivity index (χ0v) is 15.5. The van der Waals surface area contributed by atoms with Crippen LogP contribution in [0.4, 0.5) is 15.4 Å². The number of benzene rings is 1. The highest BCUT2D eigenvalue weighted by Crippen LogP contribution is 2.36. The fourth-order valence-electron chi connectivity index (χ4n) is 3.38. The van der Waals surface area contributed by atoms with Crippen molar-refractivity contribution in [3.8, 4) is 0 Å². The van der Waals surface area contributed by atoms with Crippen molar-refractivity contribution in [2.24, 2.45) is 0 Å². The smallest absolute Gasteiger partial charge is 0.413 e. The summed E-state index contributed by atoms with van der Waals surface area (Å²) >= 11 is 0. The van der Waals surface area contributed by atoms with Crippen molar-refractivity contribution in [3.63, 3.8) is 0 Å². The van der Waals surface area contributed by atoms with Crippen molar-refractivity contribution in [3.05, 3.63) is 47.7 Å². The number of H-pyrrole nitrogens is 1. The van der Waals surface area contributed by atoms with Crippen molar-refractivity contribution in [2.75, 3.05) is 5.32 Å². The number of nitrogens with one attached hydrogen (secondary N) is 3. The van der Waals surface area contributed by atoms with E-state index in [2.05, 4.69) is 20.8 Å². The highest BCUT2D eigenvalue weighted by atomic mass is 16.6. The third-order valence-electron chi connectivity index (χ3n) is 5.04. The van der Waals surface area contributed by atoms with Gasteiger partial charge >= 0.3 is 12.2 Å². The van der Waals surface area contributed by atoms with Gasteiger partial charge in [-0.15, -0.1) is 0 Å². The second kappa shape index (κ2) is 8.33. The molecule has 2 fully saturated rings. The summed E-state index contributed by atoms with van der Waals surface area (Å²) < 4.78 is 10.7. The Balaban J connectivity index is 1.22. The molecule has 148 valence electrons. The van der Waals surface area contributed by atoms with Crippen LogP contribution >= 0.6 is 0 Å².